The van der Waals surface area contributed by atoms with Gasteiger partial charge in [-0.05, 0) is 67.4 Å². The predicted molar refractivity (Wildman–Crippen MR) is 184 cm³/mol. The molecule has 49 heavy (non-hydrogen) atoms. The van der Waals surface area contributed by atoms with Crippen LogP contribution in [0.5, 0.6) is 17.5 Å². The highest BCUT2D eigenvalue weighted by atomic mass is 19.1. The Morgan fingerprint density at radius 2 is 1.96 bits per heavy atom. The van der Waals surface area contributed by atoms with Crippen LogP contribution in [0.2, 0.25) is 0 Å². The Morgan fingerprint density at radius 3 is 2.82 bits per heavy atom. The number of aromatic hydroxyl groups is 1. The van der Waals surface area contributed by atoms with Crippen LogP contribution in [0.25, 0.3) is 32.9 Å². The molecule has 4 atom stereocenters. The Labute approximate surface area is 283 Å². The summed E-state index contributed by atoms with van der Waals surface area (Å²) in [7, 11) is 0. The topological polar surface area (TPSA) is 95.9 Å². The number of benzene rings is 3. The second kappa shape index (κ2) is 10.8. The van der Waals surface area contributed by atoms with Gasteiger partial charge in [-0.1, -0.05) is 30.2 Å². The molecule has 10 rings (SSSR count). The standard InChI is InChI=1S/C39H35FN6O3/c1-2-22-6-3-7-23-16-26(47)17-27(32(22)23)35-34(40)36-28(18-41-35)37(45-19-24-10-11-25(20-45)42-24)44-38(43-36)49-21-39-13-5-14-46(39)30-12-15-48-31-9-4-8-29(39)33(30)31/h1,3-4,6-9,16-18,24-25,30,42,47H,5,10-15,19-21H2/t24-,25+,30?,39?. The number of hydrogen-bond donors (Lipinski definition) is 2. The molecule has 0 amide bonds. The molecule has 3 fully saturated rings. The van der Waals surface area contributed by atoms with E-state index >= 15 is 4.39 Å². The van der Waals surface area contributed by atoms with Crippen molar-refractivity contribution in [2.75, 3.05) is 37.7 Å². The molecule has 0 saturated carbocycles. The number of fused-ring (bicyclic) bond motifs is 7. The molecule has 2 N–H and O–H groups in total. The Bertz CT molecular complexity index is 2230. The molecule has 246 valence electrons. The Hall–Kier alpha value is -4.98. The van der Waals surface area contributed by atoms with Crippen LogP contribution in [0.1, 0.15) is 54.8 Å². The number of nitrogens with one attached hydrogen (secondary N) is 1. The number of phenolic OH excluding ortho intramolecular Hbond substituents is 1. The molecule has 2 bridgehead atoms. The van der Waals surface area contributed by atoms with Gasteiger partial charge in [0.05, 0.1) is 17.5 Å². The minimum absolute atomic E-state index is 0.00491. The van der Waals surface area contributed by atoms with Crippen molar-refractivity contribution in [2.24, 2.45) is 0 Å². The molecule has 0 spiro atoms. The molecular formula is C39H35FN6O3. The van der Waals surface area contributed by atoms with Crippen LogP contribution in [0.4, 0.5) is 10.2 Å². The summed E-state index contributed by atoms with van der Waals surface area (Å²) >= 11 is 0. The van der Waals surface area contributed by atoms with Crippen molar-refractivity contribution < 1.29 is 19.0 Å². The Morgan fingerprint density at radius 1 is 1.10 bits per heavy atom. The number of piperazine rings is 1. The number of ether oxygens (including phenoxy) is 2. The third-order valence-corrected chi connectivity index (χ3v) is 11.4. The van der Waals surface area contributed by atoms with Crippen LogP contribution in [-0.2, 0) is 5.54 Å². The van der Waals surface area contributed by atoms with E-state index in [-0.39, 0.29) is 28.5 Å². The van der Waals surface area contributed by atoms with Gasteiger partial charge in [-0.3, -0.25) is 9.88 Å². The number of hydrogen-bond acceptors (Lipinski definition) is 9. The van der Waals surface area contributed by atoms with E-state index in [2.05, 4.69) is 44.2 Å². The normalized spacial score (nSPS) is 25.3. The summed E-state index contributed by atoms with van der Waals surface area (Å²) in [6.07, 6.45) is 12.7. The molecule has 7 heterocycles. The first kappa shape index (κ1) is 29.0. The lowest BCUT2D eigenvalue weighted by molar-refractivity contribution is 0.0456. The molecule has 5 aliphatic rings. The molecule has 3 aromatic carbocycles. The van der Waals surface area contributed by atoms with E-state index in [0.717, 1.165) is 57.5 Å². The number of halogens is 1. The number of anilines is 1. The maximum atomic E-state index is 17.0. The lowest BCUT2D eigenvalue weighted by atomic mass is 9.87. The zero-order valence-corrected chi connectivity index (χ0v) is 27.0. The van der Waals surface area contributed by atoms with Gasteiger partial charge in [0.2, 0.25) is 0 Å². The van der Waals surface area contributed by atoms with Crippen LogP contribution in [0.3, 0.4) is 0 Å². The molecule has 2 aromatic heterocycles. The van der Waals surface area contributed by atoms with Crippen LogP contribution in [0, 0.1) is 18.2 Å². The van der Waals surface area contributed by atoms with Gasteiger partial charge in [-0.25, -0.2) is 4.39 Å². The molecular weight excluding hydrogens is 619 g/mol. The minimum Gasteiger partial charge on any atom is -0.508 e. The van der Waals surface area contributed by atoms with E-state index in [1.54, 1.807) is 18.3 Å². The van der Waals surface area contributed by atoms with Crippen molar-refractivity contribution in [1.82, 2.24) is 25.2 Å². The summed E-state index contributed by atoms with van der Waals surface area (Å²) in [6, 6.07) is 16.1. The largest absolute Gasteiger partial charge is 0.508 e. The number of pyridine rings is 1. The number of terminal acetylenes is 1. The fourth-order valence-corrected chi connectivity index (χ4v) is 9.42. The fourth-order valence-electron chi connectivity index (χ4n) is 9.42. The zero-order chi connectivity index (χ0) is 32.9. The third kappa shape index (κ3) is 4.28. The summed E-state index contributed by atoms with van der Waals surface area (Å²) < 4.78 is 29.8. The van der Waals surface area contributed by atoms with Crippen molar-refractivity contribution in [1.29, 1.82) is 0 Å². The first-order valence-corrected chi connectivity index (χ1v) is 17.3. The van der Waals surface area contributed by atoms with Gasteiger partial charge < -0.3 is 24.8 Å². The highest BCUT2D eigenvalue weighted by Gasteiger charge is 2.55. The van der Waals surface area contributed by atoms with E-state index in [4.69, 9.17) is 25.9 Å². The van der Waals surface area contributed by atoms with Gasteiger partial charge in [-0.15, -0.1) is 6.42 Å². The highest BCUT2D eigenvalue weighted by molar-refractivity contribution is 6.02. The Kier molecular flexibility index (Phi) is 6.36. The second-order valence-electron chi connectivity index (χ2n) is 14.1. The summed E-state index contributed by atoms with van der Waals surface area (Å²) in [4.78, 5) is 19.2. The van der Waals surface area contributed by atoms with E-state index in [9.17, 15) is 5.11 Å². The molecule has 10 heteroatoms. The van der Waals surface area contributed by atoms with Crippen LogP contribution in [0.15, 0.2) is 54.7 Å². The van der Waals surface area contributed by atoms with Crippen LogP contribution >= 0.6 is 0 Å². The number of phenols is 1. The summed E-state index contributed by atoms with van der Waals surface area (Å²) in [5.74, 6) is 3.69. The van der Waals surface area contributed by atoms with E-state index < -0.39 is 5.82 Å². The predicted octanol–water partition coefficient (Wildman–Crippen LogP) is 5.82. The van der Waals surface area contributed by atoms with E-state index in [1.807, 2.05) is 12.1 Å². The van der Waals surface area contributed by atoms with Crippen molar-refractivity contribution in [2.45, 2.75) is 55.8 Å². The molecule has 0 aliphatic carbocycles. The fraction of sp³-hybridized carbons (Fsp3) is 0.359. The summed E-state index contributed by atoms with van der Waals surface area (Å²) in [6.45, 7) is 3.54. The van der Waals surface area contributed by atoms with Crippen LogP contribution in [-0.4, -0.2) is 69.9 Å². The summed E-state index contributed by atoms with van der Waals surface area (Å²) in [5.41, 5.74) is 3.39. The van der Waals surface area contributed by atoms with Crippen molar-refractivity contribution >= 4 is 27.5 Å². The molecule has 5 aliphatic heterocycles. The first-order valence-electron chi connectivity index (χ1n) is 17.3. The molecule has 0 radical (unpaired) electrons. The molecule has 9 nitrogen and oxygen atoms in total. The third-order valence-electron chi connectivity index (χ3n) is 11.4. The average molecular weight is 655 g/mol. The van der Waals surface area contributed by atoms with Gasteiger partial charge >= 0.3 is 6.01 Å². The van der Waals surface area contributed by atoms with Crippen molar-refractivity contribution in [3.8, 4) is 41.1 Å². The lowest BCUT2D eigenvalue weighted by Crippen LogP contribution is -2.51. The smallest absolute Gasteiger partial charge is 0.319 e. The first-order chi connectivity index (χ1) is 24.0. The second-order valence-corrected chi connectivity index (χ2v) is 14.1. The molecule has 5 aromatic rings. The summed E-state index contributed by atoms with van der Waals surface area (Å²) in [5, 5.41) is 16.2. The maximum absolute atomic E-state index is 17.0. The van der Waals surface area contributed by atoms with Crippen LogP contribution < -0.4 is 19.7 Å². The van der Waals surface area contributed by atoms with Gasteiger partial charge in [0.25, 0.3) is 0 Å². The van der Waals surface area contributed by atoms with Crippen molar-refractivity contribution in [3.63, 3.8) is 0 Å². The minimum atomic E-state index is -0.609. The van der Waals surface area contributed by atoms with Gasteiger partial charge in [0, 0.05) is 65.9 Å². The molecule has 3 saturated heterocycles. The number of rotatable bonds is 5. The van der Waals surface area contributed by atoms with E-state index in [1.165, 1.54) is 17.2 Å². The van der Waals surface area contributed by atoms with Gasteiger partial charge in [0.15, 0.2) is 5.82 Å². The number of nitrogens with zero attached hydrogens (tertiary/aromatic N) is 5. The highest BCUT2D eigenvalue weighted by Crippen LogP contribution is 2.57. The van der Waals surface area contributed by atoms with Gasteiger partial charge in [-0.2, -0.15) is 9.97 Å². The zero-order valence-electron chi connectivity index (χ0n) is 27.0. The van der Waals surface area contributed by atoms with Gasteiger partial charge in [0.1, 0.15) is 35.1 Å². The average Bonchev–Trinajstić information content (AvgIpc) is 3.78. The maximum Gasteiger partial charge on any atom is 0.319 e. The number of aromatic nitrogens is 3. The molecule has 2 unspecified atom stereocenters. The van der Waals surface area contributed by atoms with E-state index in [0.29, 0.717) is 64.4 Å². The quantitative estimate of drug-likeness (QED) is 0.228. The lowest BCUT2D eigenvalue weighted by Gasteiger charge is -2.36. The monoisotopic (exact) mass is 654 g/mol. The Balaban J connectivity index is 1.11. The van der Waals surface area contributed by atoms with Crippen molar-refractivity contribution in [3.05, 3.63) is 77.2 Å². The SMILES string of the molecule is C#Cc1cccc2cc(O)cc(-c3ncc4c(N5C[C@H]6CC[C@@H](C5)N6)nc(OCC56CCCN5C5CCOc7cccc6c75)nc4c3F)c12.